The topological polar surface area (TPSA) is 57.6 Å². The highest BCUT2D eigenvalue weighted by molar-refractivity contribution is 9.10. The van der Waals surface area contributed by atoms with E-state index in [0.29, 0.717) is 6.54 Å². The molecule has 2 rings (SSSR count). The second kappa shape index (κ2) is 6.18. The average Bonchev–Trinajstić information content (AvgIpc) is 2.85. The van der Waals surface area contributed by atoms with Gasteiger partial charge < -0.3 is 10.0 Å². The van der Waals surface area contributed by atoms with Crippen LogP contribution in [-0.4, -0.2) is 34.5 Å². The maximum atomic E-state index is 12.9. The molecule has 1 atom stereocenters. The zero-order chi connectivity index (χ0) is 15.6. The summed E-state index contributed by atoms with van der Waals surface area (Å²) in [5.41, 5.74) is 0.290. The third-order valence-corrected chi connectivity index (χ3v) is 4.68. The van der Waals surface area contributed by atoms with Crippen LogP contribution in [0, 0.1) is 0 Å². The molecule has 1 fully saturated rings. The molecule has 1 saturated heterocycles. The number of carboxylic acid groups (broad SMARTS) is 1. The second-order valence-electron chi connectivity index (χ2n) is 6.02. The minimum atomic E-state index is -0.846. The molecule has 0 spiro atoms. The quantitative estimate of drug-likeness (QED) is 0.904. The maximum absolute atomic E-state index is 12.9. The molecule has 114 valence electrons. The van der Waals surface area contributed by atoms with E-state index < -0.39 is 11.4 Å². The third kappa shape index (κ3) is 3.46. The standard InChI is InChI=1S/C16H20BrNO3/c1-16(2,11-5-7-12(17)8-6-11)15(21)18-9-3-4-13(18)10-14(19)20/h5-8,13H,3-4,9-10H2,1-2H3,(H,19,20). The molecule has 1 aliphatic rings. The van der Waals surface area contributed by atoms with E-state index in [1.165, 1.54) is 0 Å². The van der Waals surface area contributed by atoms with Gasteiger partial charge in [-0.25, -0.2) is 0 Å². The number of hydrogen-bond donors (Lipinski definition) is 1. The third-order valence-electron chi connectivity index (χ3n) is 4.15. The van der Waals surface area contributed by atoms with Gasteiger partial charge in [-0.1, -0.05) is 28.1 Å². The molecule has 0 radical (unpaired) electrons. The van der Waals surface area contributed by atoms with Crippen molar-refractivity contribution in [2.24, 2.45) is 0 Å². The first kappa shape index (κ1) is 16.0. The van der Waals surface area contributed by atoms with E-state index in [2.05, 4.69) is 15.9 Å². The van der Waals surface area contributed by atoms with E-state index in [-0.39, 0.29) is 18.4 Å². The van der Waals surface area contributed by atoms with Gasteiger partial charge in [0.1, 0.15) is 0 Å². The van der Waals surface area contributed by atoms with Crippen molar-refractivity contribution >= 4 is 27.8 Å². The van der Waals surface area contributed by atoms with Gasteiger partial charge >= 0.3 is 5.97 Å². The van der Waals surface area contributed by atoms with Crippen LogP contribution in [0.1, 0.15) is 38.7 Å². The normalized spacial score (nSPS) is 18.8. The smallest absolute Gasteiger partial charge is 0.305 e. The number of aliphatic carboxylic acids is 1. The molecule has 0 aliphatic carbocycles. The number of rotatable bonds is 4. The van der Waals surface area contributed by atoms with Crippen molar-refractivity contribution in [2.75, 3.05) is 6.54 Å². The predicted molar refractivity (Wildman–Crippen MR) is 84.2 cm³/mol. The van der Waals surface area contributed by atoms with Crippen LogP contribution in [0.25, 0.3) is 0 Å². The summed E-state index contributed by atoms with van der Waals surface area (Å²) < 4.78 is 0.972. The molecule has 1 N–H and O–H groups in total. The van der Waals surface area contributed by atoms with Crippen LogP contribution >= 0.6 is 15.9 Å². The Hall–Kier alpha value is -1.36. The molecule has 0 bridgehead atoms. The average molecular weight is 354 g/mol. The Kier molecular flexibility index (Phi) is 4.71. The number of amides is 1. The molecule has 1 aromatic carbocycles. The molecule has 1 amide bonds. The fourth-order valence-electron chi connectivity index (χ4n) is 2.87. The van der Waals surface area contributed by atoms with E-state index in [4.69, 9.17) is 5.11 Å². The Morgan fingerprint density at radius 1 is 1.33 bits per heavy atom. The molecule has 4 nitrogen and oxygen atoms in total. The summed E-state index contributed by atoms with van der Waals surface area (Å²) in [4.78, 5) is 25.5. The largest absolute Gasteiger partial charge is 0.481 e. The fourth-order valence-corrected chi connectivity index (χ4v) is 3.13. The molecule has 21 heavy (non-hydrogen) atoms. The highest BCUT2D eigenvalue weighted by Crippen LogP contribution is 2.31. The molecule has 0 saturated carbocycles. The van der Waals surface area contributed by atoms with Gasteiger partial charge in [-0.3, -0.25) is 9.59 Å². The van der Waals surface area contributed by atoms with E-state index >= 15 is 0 Å². The number of carbonyl (C=O) groups excluding carboxylic acids is 1. The summed E-state index contributed by atoms with van der Waals surface area (Å²) in [5, 5.41) is 8.98. The molecule has 1 unspecified atom stereocenters. The van der Waals surface area contributed by atoms with Crippen molar-refractivity contribution in [3.8, 4) is 0 Å². The molecular formula is C16H20BrNO3. The van der Waals surface area contributed by atoms with Gasteiger partial charge in [0.25, 0.3) is 0 Å². The first-order valence-corrected chi connectivity index (χ1v) is 7.90. The second-order valence-corrected chi connectivity index (χ2v) is 6.94. The summed E-state index contributed by atoms with van der Waals surface area (Å²) in [6, 6.07) is 7.53. The molecule has 1 aromatic rings. The Bertz CT molecular complexity index is 539. The summed E-state index contributed by atoms with van der Waals surface area (Å²) in [7, 11) is 0. The number of benzene rings is 1. The van der Waals surface area contributed by atoms with Gasteiger partial charge in [0, 0.05) is 17.1 Å². The van der Waals surface area contributed by atoms with Crippen LogP contribution < -0.4 is 0 Å². The van der Waals surface area contributed by atoms with Crippen LogP contribution in [0.5, 0.6) is 0 Å². The minimum absolute atomic E-state index is 0.00794. The Morgan fingerprint density at radius 3 is 2.52 bits per heavy atom. The van der Waals surface area contributed by atoms with Gasteiger partial charge in [-0.2, -0.15) is 0 Å². The molecular weight excluding hydrogens is 334 g/mol. The van der Waals surface area contributed by atoms with Gasteiger partial charge in [0.05, 0.1) is 11.8 Å². The molecule has 5 heteroatoms. The predicted octanol–water partition coefficient (Wildman–Crippen LogP) is 3.19. The van der Waals surface area contributed by atoms with Crippen molar-refractivity contribution in [1.82, 2.24) is 4.90 Å². The lowest BCUT2D eigenvalue weighted by atomic mass is 9.83. The lowest BCUT2D eigenvalue weighted by Crippen LogP contribution is -2.46. The number of likely N-dealkylation sites (tertiary alicyclic amines) is 1. The van der Waals surface area contributed by atoms with Gasteiger partial charge in [-0.05, 0) is 44.4 Å². The lowest BCUT2D eigenvalue weighted by Gasteiger charge is -2.33. The van der Waals surface area contributed by atoms with Crippen molar-refractivity contribution in [2.45, 2.75) is 44.6 Å². The Labute approximate surface area is 133 Å². The highest BCUT2D eigenvalue weighted by Gasteiger charge is 2.39. The molecule has 0 aromatic heterocycles. The monoisotopic (exact) mass is 353 g/mol. The van der Waals surface area contributed by atoms with Crippen LogP contribution in [0.3, 0.4) is 0 Å². The SMILES string of the molecule is CC(C)(C(=O)N1CCCC1CC(=O)O)c1ccc(Br)cc1. The first-order chi connectivity index (χ1) is 9.82. The Balaban J connectivity index is 2.20. The Morgan fingerprint density at radius 2 is 1.95 bits per heavy atom. The van der Waals surface area contributed by atoms with Gasteiger partial charge in [-0.15, -0.1) is 0 Å². The highest BCUT2D eigenvalue weighted by atomic mass is 79.9. The van der Waals surface area contributed by atoms with Crippen LogP contribution in [0.4, 0.5) is 0 Å². The van der Waals surface area contributed by atoms with Crippen molar-refractivity contribution in [3.05, 3.63) is 34.3 Å². The van der Waals surface area contributed by atoms with E-state index in [1.54, 1.807) is 4.90 Å². The number of hydrogen-bond acceptors (Lipinski definition) is 2. The lowest BCUT2D eigenvalue weighted by molar-refractivity contribution is -0.141. The summed E-state index contributed by atoms with van der Waals surface area (Å²) >= 11 is 3.39. The minimum Gasteiger partial charge on any atom is -0.481 e. The summed E-state index contributed by atoms with van der Waals surface area (Å²) in [6.45, 7) is 4.44. The van der Waals surface area contributed by atoms with Crippen molar-refractivity contribution in [3.63, 3.8) is 0 Å². The fraction of sp³-hybridized carbons (Fsp3) is 0.500. The van der Waals surface area contributed by atoms with E-state index in [1.807, 2.05) is 38.1 Å². The van der Waals surface area contributed by atoms with Crippen LogP contribution in [0.2, 0.25) is 0 Å². The first-order valence-electron chi connectivity index (χ1n) is 7.11. The summed E-state index contributed by atoms with van der Waals surface area (Å²) in [5.74, 6) is -0.838. The molecule has 1 aliphatic heterocycles. The number of carbonyl (C=O) groups is 2. The van der Waals surface area contributed by atoms with E-state index in [9.17, 15) is 9.59 Å². The van der Waals surface area contributed by atoms with Crippen LogP contribution in [-0.2, 0) is 15.0 Å². The number of carboxylic acids is 1. The maximum Gasteiger partial charge on any atom is 0.305 e. The van der Waals surface area contributed by atoms with Gasteiger partial charge in [0.2, 0.25) is 5.91 Å². The van der Waals surface area contributed by atoms with Crippen molar-refractivity contribution in [1.29, 1.82) is 0 Å². The van der Waals surface area contributed by atoms with Crippen molar-refractivity contribution < 1.29 is 14.7 Å². The zero-order valence-electron chi connectivity index (χ0n) is 12.3. The van der Waals surface area contributed by atoms with Crippen LogP contribution in [0.15, 0.2) is 28.7 Å². The number of nitrogens with zero attached hydrogens (tertiary/aromatic N) is 1. The number of halogens is 1. The van der Waals surface area contributed by atoms with E-state index in [0.717, 1.165) is 22.9 Å². The zero-order valence-corrected chi connectivity index (χ0v) is 13.9. The molecule has 1 heterocycles. The summed E-state index contributed by atoms with van der Waals surface area (Å²) in [6.07, 6.45) is 1.68. The van der Waals surface area contributed by atoms with Gasteiger partial charge in [0.15, 0.2) is 0 Å².